The number of nitro groups is 1. The van der Waals surface area contributed by atoms with Crippen LogP contribution in [0.15, 0.2) is 36.4 Å². The smallest absolute Gasteiger partial charge is 0.338 e. The number of carbonyl (C=O) groups excluding carboxylic acids is 2. The number of nitrogens with one attached hydrogen (secondary N) is 1. The van der Waals surface area contributed by atoms with Gasteiger partial charge in [0, 0.05) is 24.8 Å². The standard InChI is InChI=1S/C23H27N3O5/c1-15-6-8-19(17(3)11-15)24-22(27)14-31-23(28)18-7-9-20(21(12-18)26(29)30)25-10-4-5-16(2)13-25/h6-9,11-12,16H,4-5,10,13-14H2,1-3H3,(H,24,27)/t16-/m0/s1. The van der Waals surface area contributed by atoms with Crippen molar-refractivity contribution in [3.8, 4) is 0 Å². The first kappa shape index (κ1) is 22.3. The molecule has 2 aromatic rings. The van der Waals surface area contributed by atoms with E-state index in [2.05, 4.69) is 12.2 Å². The number of aryl methyl sites for hydroxylation is 2. The van der Waals surface area contributed by atoms with Gasteiger partial charge in [-0.05, 0) is 56.4 Å². The fourth-order valence-corrected chi connectivity index (χ4v) is 3.83. The zero-order chi connectivity index (χ0) is 22.5. The lowest BCUT2D eigenvalue weighted by atomic mass is 9.99. The maximum atomic E-state index is 12.4. The summed E-state index contributed by atoms with van der Waals surface area (Å²) in [5, 5.41) is 14.3. The number of carbonyl (C=O) groups is 2. The first-order valence-corrected chi connectivity index (χ1v) is 10.3. The van der Waals surface area contributed by atoms with E-state index in [4.69, 9.17) is 4.74 Å². The summed E-state index contributed by atoms with van der Waals surface area (Å²) in [5.74, 6) is -0.806. The average Bonchev–Trinajstić information content (AvgIpc) is 2.73. The molecular formula is C23H27N3O5. The number of hydrogen-bond acceptors (Lipinski definition) is 6. The lowest BCUT2D eigenvalue weighted by Gasteiger charge is -2.32. The third kappa shape index (κ3) is 5.59. The maximum Gasteiger partial charge on any atom is 0.338 e. The average molecular weight is 425 g/mol. The molecule has 0 saturated carbocycles. The van der Waals surface area contributed by atoms with Gasteiger partial charge in [0.1, 0.15) is 5.69 Å². The predicted molar refractivity (Wildman–Crippen MR) is 119 cm³/mol. The van der Waals surface area contributed by atoms with E-state index < -0.39 is 23.4 Å². The van der Waals surface area contributed by atoms with Gasteiger partial charge in [-0.2, -0.15) is 0 Å². The number of benzene rings is 2. The minimum atomic E-state index is -0.780. The molecule has 164 valence electrons. The molecule has 1 saturated heterocycles. The van der Waals surface area contributed by atoms with Crippen LogP contribution in [0, 0.1) is 29.9 Å². The molecule has 2 aromatic carbocycles. The molecule has 3 rings (SSSR count). The molecule has 0 aliphatic carbocycles. The Bertz CT molecular complexity index is 1000. The van der Waals surface area contributed by atoms with Crippen molar-refractivity contribution in [3.05, 3.63) is 63.2 Å². The molecule has 1 aliphatic rings. The Balaban J connectivity index is 1.66. The first-order valence-electron chi connectivity index (χ1n) is 10.3. The van der Waals surface area contributed by atoms with Gasteiger partial charge < -0.3 is 15.0 Å². The summed E-state index contributed by atoms with van der Waals surface area (Å²) < 4.78 is 5.08. The van der Waals surface area contributed by atoms with Crippen molar-refractivity contribution in [2.75, 3.05) is 29.9 Å². The predicted octanol–water partition coefficient (Wildman–Crippen LogP) is 4.24. The van der Waals surface area contributed by atoms with E-state index in [0.717, 1.165) is 37.1 Å². The van der Waals surface area contributed by atoms with Crippen LogP contribution >= 0.6 is 0 Å². The van der Waals surface area contributed by atoms with E-state index in [1.165, 1.54) is 12.1 Å². The number of nitro benzene ring substituents is 1. The van der Waals surface area contributed by atoms with Crippen molar-refractivity contribution in [2.45, 2.75) is 33.6 Å². The van der Waals surface area contributed by atoms with Gasteiger partial charge >= 0.3 is 5.97 Å². The van der Waals surface area contributed by atoms with Crippen LogP contribution in [-0.4, -0.2) is 36.5 Å². The highest BCUT2D eigenvalue weighted by Crippen LogP contribution is 2.32. The number of esters is 1. The topological polar surface area (TPSA) is 102 Å². The summed E-state index contributed by atoms with van der Waals surface area (Å²) in [5.41, 5.74) is 3.02. The molecule has 1 amide bonds. The normalized spacial score (nSPS) is 16.0. The SMILES string of the molecule is Cc1ccc(NC(=O)COC(=O)c2ccc(N3CCC[C@H](C)C3)c([N+](=O)[O-])c2)c(C)c1. The Kier molecular flexibility index (Phi) is 6.89. The van der Waals surface area contributed by atoms with E-state index in [9.17, 15) is 19.7 Å². The molecule has 1 N–H and O–H groups in total. The van der Waals surface area contributed by atoms with Crippen molar-refractivity contribution in [1.29, 1.82) is 0 Å². The van der Waals surface area contributed by atoms with Crippen LogP contribution in [0.4, 0.5) is 17.1 Å². The van der Waals surface area contributed by atoms with Crippen LogP contribution in [-0.2, 0) is 9.53 Å². The lowest BCUT2D eigenvalue weighted by molar-refractivity contribution is -0.384. The Labute approximate surface area is 181 Å². The van der Waals surface area contributed by atoms with Gasteiger partial charge in [-0.15, -0.1) is 0 Å². The Morgan fingerprint density at radius 2 is 2.00 bits per heavy atom. The zero-order valence-electron chi connectivity index (χ0n) is 18.0. The highest BCUT2D eigenvalue weighted by molar-refractivity contribution is 5.96. The number of rotatable bonds is 6. The fraction of sp³-hybridized carbons (Fsp3) is 0.391. The molecule has 0 spiro atoms. The molecular weight excluding hydrogens is 398 g/mol. The Morgan fingerprint density at radius 3 is 2.68 bits per heavy atom. The molecule has 0 radical (unpaired) electrons. The molecule has 0 unspecified atom stereocenters. The summed E-state index contributed by atoms with van der Waals surface area (Å²) in [4.78, 5) is 37.6. The van der Waals surface area contributed by atoms with E-state index in [-0.39, 0.29) is 11.3 Å². The molecule has 31 heavy (non-hydrogen) atoms. The molecule has 1 aliphatic heterocycles. The third-order valence-corrected chi connectivity index (χ3v) is 5.40. The van der Waals surface area contributed by atoms with Crippen molar-refractivity contribution in [2.24, 2.45) is 5.92 Å². The van der Waals surface area contributed by atoms with Crippen LogP contribution in [0.5, 0.6) is 0 Å². The second kappa shape index (κ2) is 9.59. The van der Waals surface area contributed by atoms with E-state index >= 15 is 0 Å². The number of nitrogens with zero attached hydrogens (tertiary/aromatic N) is 2. The van der Waals surface area contributed by atoms with Crippen LogP contribution in [0.2, 0.25) is 0 Å². The Morgan fingerprint density at radius 1 is 1.23 bits per heavy atom. The van der Waals surface area contributed by atoms with Gasteiger partial charge in [-0.3, -0.25) is 14.9 Å². The van der Waals surface area contributed by atoms with E-state index in [1.807, 2.05) is 30.9 Å². The number of anilines is 2. The summed E-state index contributed by atoms with van der Waals surface area (Å²) in [6.07, 6.45) is 2.07. The van der Waals surface area contributed by atoms with Gasteiger partial charge in [0.2, 0.25) is 0 Å². The summed E-state index contributed by atoms with van der Waals surface area (Å²) in [6.45, 7) is 6.95. The molecule has 0 aromatic heterocycles. The second-order valence-electron chi connectivity index (χ2n) is 8.10. The third-order valence-electron chi connectivity index (χ3n) is 5.40. The highest BCUT2D eigenvalue weighted by atomic mass is 16.6. The van der Waals surface area contributed by atoms with E-state index in [0.29, 0.717) is 17.3 Å². The van der Waals surface area contributed by atoms with Crippen molar-refractivity contribution in [3.63, 3.8) is 0 Å². The van der Waals surface area contributed by atoms with Crippen molar-refractivity contribution in [1.82, 2.24) is 0 Å². The Hall–Kier alpha value is -3.42. The van der Waals surface area contributed by atoms with Crippen LogP contribution < -0.4 is 10.2 Å². The van der Waals surface area contributed by atoms with E-state index in [1.54, 1.807) is 12.1 Å². The van der Waals surface area contributed by atoms with Gasteiger partial charge in [0.25, 0.3) is 11.6 Å². The fourth-order valence-electron chi connectivity index (χ4n) is 3.83. The summed E-state index contributed by atoms with van der Waals surface area (Å²) in [7, 11) is 0. The molecule has 1 fully saturated rings. The van der Waals surface area contributed by atoms with Crippen LogP contribution in [0.25, 0.3) is 0 Å². The minimum absolute atomic E-state index is 0.0415. The lowest BCUT2D eigenvalue weighted by Crippen LogP contribution is -2.34. The molecule has 8 nitrogen and oxygen atoms in total. The largest absolute Gasteiger partial charge is 0.452 e. The van der Waals surface area contributed by atoms with Crippen LogP contribution in [0.1, 0.15) is 41.3 Å². The van der Waals surface area contributed by atoms with Crippen LogP contribution in [0.3, 0.4) is 0 Å². The van der Waals surface area contributed by atoms with Crippen molar-refractivity contribution < 1.29 is 19.2 Å². The molecule has 1 atom stereocenters. The molecule has 1 heterocycles. The summed E-state index contributed by atoms with van der Waals surface area (Å²) >= 11 is 0. The number of hydrogen-bond donors (Lipinski definition) is 1. The van der Waals surface area contributed by atoms with Gasteiger partial charge in [-0.1, -0.05) is 24.6 Å². The monoisotopic (exact) mass is 425 g/mol. The minimum Gasteiger partial charge on any atom is -0.452 e. The number of ether oxygens (including phenoxy) is 1. The molecule has 0 bridgehead atoms. The summed E-state index contributed by atoms with van der Waals surface area (Å²) in [6, 6.07) is 9.91. The van der Waals surface area contributed by atoms with Gasteiger partial charge in [-0.25, -0.2) is 4.79 Å². The quantitative estimate of drug-likeness (QED) is 0.422. The number of amides is 1. The van der Waals surface area contributed by atoms with Crippen molar-refractivity contribution >= 4 is 28.9 Å². The maximum absolute atomic E-state index is 12.4. The van der Waals surface area contributed by atoms with Gasteiger partial charge in [0.15, 0.2) is 6.61 Å². The zero-order valence-corrected chi connectivity index (χ0v) is 18.0. The highest BCUT2D eigenvalue weighted by Gasteiger charge is 2.25. The molecule has 8 heteroatoms. The second-order valence-corrected chi connectivity index (χ2v) is 8.10. The number of piperidine rings is 1. The first-order chi connectivity index (χ1) is 14.7. The van der Waals surface area contributed by atoms with Gasteiger partial charge in [0.05, 0.1) is 10.5 Å².